The average molecular weight is 421 g/mol. The van der Waals surface area contributed by atoms with E-state index in [4.69, 9.17) is 4.74 Å². The first-order valence-electron chi connectivity index (χ1n) is 10.8. The van der Waals surface area contributed by atoms with E-state index in [1.54, 1.807) is 11.0 Å². The van der Waals surface area contributed by atoms with E-state index >= 15 is 0 Å². The lowest BCUT2D eigenvalue weighted by molar-refractivity contribution is -0.123. The second-order valence-electron chi connectivity index (χ2n) is 8.05. The molecule has 162 valence electrons. The number of anilines is 2. The molecule has 0 aromatic heterocycles. The number of para-hydroxylation sites is 2. The molecule has 2 aromatic carbocycles. The van der Waals surface area contributed by atoms with Gasteiger partial charge in [-0.25, -0.2) is 4.79 Å². The highest BCUT2D eigenvalue weighted by molar-refractivity contribution is 6.07. The molecule has 7 nitrogen and oxygen atoms in total. The van der Waals surface area contributed by atoms with Gasteiger partial charge in [0.25, 0.3) is 0 Å². The van der Waals surface area contributed by atoms with E-state index in [1.165, 1.54) is 0 Å². The fourth-order valence-corrected chi connectivity index (χ4v) is 4.20. The molecular weight excluding hydrogens is 394 g/mol. The van der Waals surface area contributed by atoms with Gasteiger partial charge in [0.1, 0.15) is 12.6 Å². The fraction of sp³-hybridized carbons (Fsp3) is 0.375. The van der Waals surface area contributed by atoms with Crippen molar-refractivity contribution < 1.29 is 19.1 Å². The summed E-state index contributed by atoms with van der Waals surface area (Å²) in [4.78, 5) is 40.2. The van der Waals surface area contributed by atoms with Crippen molar-refractivity contribution in [3.8, 4) is 0 Å². The Balaban J connectivity index is 1.49. The first-order chi connectivity index (χ1) is 15.1. The van der Waals surface area contributed by atoms with Gasteiger partial charge < -0.3 is 20.3 Å². The molecule has 7 heteroatoms. The first-order valence-corrected chi connectivity index (χ1v) is 10.8. The van der Waals surface area contributed by atoms with Gasteiger partial charge in [-0.2, -0.15) is 0 Å². The number of benzene rings is 2. The Morgan fingerprint density at radius 1 is 1.00 bits per heavy atom. The van der Waals surface area contributed by atoms with Crippen molar-refractivity contribution in [3.63, 3.8) is 0 Å². The van der Waals surface area contributed by atoms with E-state index in [-0.39, 0.29) is 30.9 Å². The van der Waals surface area contributed by atoms with Crippen LogP contribution in [-0.4, -0.2) is 30.5 Å². The molecule has 1 fully saturated rings. The third-order valence-electron chi connectivity index (χ3n) is 5.86. The highest BCUT2D eigenvalue weighted by Crippen LogP contribution is 2.33. The van der Waals surface area contributed by atoms with Gasteiger partial charge in [0.05, 0.1) is 17.9 Å². The van der Waals surface area contributed by atoms with Crippen LogP contribution in [0.15, 0.2) is 54.6 Å². The largest absolute Gasteiger partial charge is 0.445 e. The zero-order valence-electron chi connectivity index (χ0n) is 17.4. The van der Waals surface area contributed by atoms with Crippen LogP contribution in [-0.2, 0) is 20.9 Å². The zero-order chi connectivity index (χ0) is 21.6. The molecule has 2 aliphatic rings. The van der Waals surface area contributed by atoms with Crippen molar-refractivity contribution in [1.82, 2.24) is 5.32 Å². The van der Waals surface area contributed by atoms with E-state index in [0.29, 0.717) is 11.4 Å². The maximum atomic E-state index is 13.4. The number of carbonyl (C=O) groups is 3. The number of hydrogen-bond acceptors (Lipinski definition) is 4. The Kier molecular flexibility index (Phi) is 6.50. The minimum atomic E-state index is -0.914. The van der Waals surface area contributed by atoms with Crippen molar-refractivity contribution in [3.05, 3.63) is 60.2 Å². The van der Waals surface area contributed by atoms with Gasteiger partial charge in [-0.15, -0.1) is 0 Å². The van der Waals surface area contributed by atoms with Crippen LogP contribution in [0.3, 0.4) is 0 Å². The van der Waals surface area contributed by atoms with Gasteiger partial charge in [-0.3, -0.25) is 9.59 Å². The molecule has 2 aromatic rings. The van der Waals surface area contributed by atoms with Crippen LogP contribution in [0.5, 0.6) is 0 Å². The van der Waals surface area contributed by atoms with Gasteiger partial charge in [-0.05, 0) is 30.5 Å². The SMILES string of the molecule is O=C(NC1CN(C(=O)C2CCCCC2)c2ccccc2NC1=O)OCc1ccccc1. The molecule has 1 saturated carbocycles. The highest BCUT2D eigenvalue weighted by Gasteiger charge is 2.35. The maximum Gasteiger partial charge on any atom is 0.408 e. The summed E-state index contributed by atoms with van der Waals surface area (Å²) in [7, 11) is 0. The average Bonchev–Trinajstić information content (AvgIpc) is 2.95. The van der Waals surface area contributed by atoms with Gasteiger partial charge in [0.15, 0.2) is 0 Å². The zero-order valence-corrected chi connectivity index (χ0v) is 17.4. The Labute approximate surface area is 181 Å². The normalized spacial score (nSPS) is 19.0. The number of nitrogens with one attached hydrogen (secondary N) is 2. The Morgan fingerprint density at radius 3 is 2.48 bits per heavy atom. The lowest BCUT2D eigenvalue weighted by Crippen LogP contribution is -2.51. The predicted octanol–water partition coefficient (Wildman–Crippen LogP) is 3.85. The molecule has 3 amide bonds. The van der Waals surface area contributed by atoms with Crippen LogP contribution in [0.4, 0.5) is 16.2 Å². The Morgan fingerprint density at radius 2 is 1.71 bits per heavy atom. The fourth-order valence-electron chi connectivity index (χ4n) is 4.20. The van der Waals surface area contributed by atoms with Gasteiger partial charge in [0, 0.05) is 5.92 Å². The second kappa shape index (κ2) is 9.64. The number of fused-ring (bicyclic) bond motifs is 1. The molecule has 0 radical (unpaired) electrons. The summed E-state index contributed by atoms with van der Waals surface area (Å²) in [5, 5.41) is 5.47. The summed E-state index contributed by atoms with van der Waals surface area (Å²) < 4.78 is 5.28. The van der Waals surface area contributed by atoms with Crippen molar-refractivity contribution in [2.45, 2.75) is 44.8 Å². The molecule has 31 heavy (non-hydrogen) atoms. The highest BCUT2D eigenvalue weighted by atomic mass is 16.5. The number of nitrogens with zero attached hydrogens (tertiary/aromatic N) is 1. The molecule has 1 unspecified atom stereocenters. The molecule has 1 atom stereocenters. The van der Waals surface area contributed by atoms with Crippen LogP contribution in [0.1, 0.15) is 37.7 Å². The standard InChI is InChI=1S/C24H27N3O4/c28-22-20(26-24(30)31-16-17-9-3-1-4-10-17)15-27(21-14-8-7-13-19(21)25-22)23(29)18-11-5-2-6-12-18/h1,3-4,7-10,13-14,18,20H,2,5-6,11-12,15-16H2,(H,25,28)(H,26,30). The number of carbonyl (C=O) groups excluding carboxylic acids is 3. The van der Waals surface area contributed by atoms with Crippen LogP contribution >= 0.6 is 0 Å². The molecule has 0 bridgehead atoms. The molecule has 1 aliphatic carbocycles. The van der Waals surface area contributed by atoms with E-state index in [2.05, 4.69) is 10.6 Å². The first kappa shape index (κ1) is 20.9. The maximum absolute atomic E-state index is 13.4. The van der Waals surface area contributed by atoms with Crippen molar-refractivity contribution in [1.29, 1.82) is 0 Å². The van der Waals surface area contributed by atoms with Crippen LogP contribution in [0, 0.1) is 5.92 Å². The third kappa shape index (κ3) is 5.05. The minimum Gasteiger partial charge on any atom is -0.445 e. The Bertz CT molecular complexity index is 941. The molecule has 0 saturated heterocycles. The summed E-state index contributed by atoms with van der Waals surface area (Å²) in [6, 6.07) is 15.6. The lowest BCUT2D eigenvalue weighted by Gasteiger charge is -2.30. The molecule has 1 aliphatic heterocycles. The molecular formula is C24H27N3O4. The van der Waals surface area contributed by atoms with Crippen LogP contribution in [0.2, 0.25) is 0 Å². The van der Waals surface area contributed by atoms with E-state index in [9.17, 15) is 14.4 Å². The number of hydrogen-bond donors (Lipinski definition) is 2. The second-order valence-corrected chi connectivity index (χ2v) is 8.05. The molecule has 2 N–H and O–H groups in total. The summed E-state index contributed by atoms with van der Waals surface area (Å²) in [6.45, 7) is 0.171. The number of amides is 3. The summed E-state index contributed by atoms with van der Waals surface area (Å²) in [6.07, 6.45) is 4.25. The lowest BCUT2D eigenvalue weighted by atomic mass is 9.88. The summed E-state index contributed by atoms with van der Waals surface area (Å²) >= 11 is 0. The van der Waals surface area contributed by atoms with Crippen molar-refractivity contribution in [2.24, 2.45) is 5.92 Å². The summed E-state index contributed by atoms with van der Waals surface area (Å²) in [5.41, 5.74) is 2.08. The van der Waals surface area contributed by atoms with E-state index < -0.39 is 12.1 Å². The number of rotatable bonds is 4. The van der Waals surface area contributed by atoms with Gasteiger partial charge in [-0.1, -0.05) is 61.7 Å². The number of ether oxygens (including phenoxy) is 1. The van der Waals surface area contributed by atoms with Crippen LogP contribution in [0.25, 0.3) is 0 Å². The van der Waals surface area contributed by atoms with Gasteiger partial charge in [0.2, 0.25) is 11.8 Å². The van der Waals surface area contributed by atoms with Crippen molar-refractivity contribution >= 4 is 29.3 Å². The summed E-state index contributed by atoms with van der Waals surface area (Å²) in [5.74, 6) is -0.420. The smallest absolute Gasteiger partial charge is 0.408 e. The van der Waals surface area contributed by atoms with E-state index in [1.807, 2.05) is 48.5 Å². The van der Waals surface area contributed by atoms with E-state index in [0.717, 1.165) is 37.7 Å². The third-order valence-corrected chi connectivity index (χ3v) is 5.86. The Hall–Kier alpha value is -3.35. The minimum absolute atomic E-state index is 0.00750. The monoisotopic (exact) mass is 421 g/mol. The topological polar surface area (TPSA) is 87.7 Å². The van der Waals surface area contributed by atoms with Crippen molar-refractivity contribution in [2.75, 3.05) is 16.8 Å². The predicted molar refractivity (Wildman–Crippen MR) is 118 cm³/mol. The quantitative estimate of drug-likeness (QED) is 0.785. The molecule has 1 heterocycles. The van der Waals surface area contributed by atoms with Crippen LogP contribution < -0.4 is 15.5 Å². The molecule has 0 spiro atoms. The molecule has 4 rings (SSSR count). The number of alkyl carbamates (subject to hydrolysis) is 1. The van der Waals surface area contributed by atoms with Gasteiger partial charge >= 0.3 is 6.09 Å².